The molecule has 1 aliphatic heterocycles. The topological polar surface area (TPSA) is 78.8 Å². The minimum Gasteiger partial charge on any atom is -0.378 e. The van der Waals surface area contributed by atoms with Gasteiger partial charge in [0.1, 0.15) is 5.02 Å². The van der Waals surface area contributed by atoms with Crippen LogP contribution in [0.25, 0.3) is 17.0 Å². The number of halogens is 1. The van der Waals surface area contributed by atoms with Gasteiger partial charge in [-0.3, -0.25) is 9.69 Å². The minimum atomic E-state index is -0.419. The van der Waals surface area contributed by atoms with Gasteiger partial charge in [0.15, 0.2) is 0 Å². The summed E-state index contributed by atoms with van der Waals surface area (Å²) < 4.78 is 1.19. The number of imidazole rings is 1. The molecule has 32 heavy (non-hydrogen) atoms. The van der Waals surface area contributed by atoms with Gasteiger partial charge >= 0.3 is 0 Å². The fourth-order valence-electron chi connectivity index (χ4n) is 4.18. The number of aromatic nitrogens is 4. The van der Waals surface area contributed by atoms with Crippen LogP contribution in [0.4, 0.5) is 5.69 Å². The van der Waals surface area contributed by atoms with Gasteiger partial charge in [0.25, 0.3) is 5.56 Å². The maximum atomic E-state index is 12.9. The number of benzene rings is 2. The van der Waals surface area contributed by atoms with Crippen molar-refractivity contribution in [1.82, 2.24) is 24.6 Å². The summed E-state index contributed by atoms with van der Waals surface area (Å²) in [7, 11) is 0. The molecule has 1 saturated heterocycles. The van der Waals surface area contributed by atoms with Crippen LogP contribution >= 0.6 is 11.6 Å². The molecule has 8 heteroatoms. The number of para-hydroxylation sites is 2. The van der Waals surface area contributed by atoms with E-state index in [1.165, 1.54) is 35.1 Å². The summed E-state index contributed by atoms with van der Waals surface area (Å²) in [6, 6.07) is 16.0. The monoisotopic (exact) mass is 448 g/mol. The molecular weight excluding hydrogens is 424 g/mol. The molecule has 7 nitrogen and oxygen atoms in total. The van der Waals surface area contributed by atoms with Gasteiger partial charge in [0, 0.05) is 13.1 Å². The number of fused-ring (bicyclic) bond motifs is 1. The maximum absolute atomic E-state index is 12.9. The fraction of sp³-hybridized carbons (Fsp3) is 0.292. The second-order valence-corrected chi connectivity index (χ2v) is 8.50. The Labute approximate surface area is 191 Å². The molecule has 0 aliphatic carbocycles. The van der Waals surface area contributed by atoms with Gasteiger partial charge in [-0.15, -0.1) is 0 Å². The van der Waals surface area contributed by atoms with Crippen LogP contribution in [-0.2, 0) is 13.1 Å². The molecule has 1 fully saturated rings. The summed E-state index contributed by atoms with van der Waals surface area (Å²) in [6.07, 6.45) is 5.43. The molecule has 0 atom stereocenters. The smallest absolute Gasteiger partial charge is 0.295 e. The molecule has 0 amide bonds. The van der Waals surface area contributed by atoms with E-state index in [0.29, 0.717) is 18.2 Å². The Kier molecular flexibility index (Phi) is 5.92. The van der Waals surface area contributed by atoms with Gasteiger partial charge in [0.05, 0.1) is 22.9 Å². The molecule has 164 valence electrons. The Bertz CT molecular complexity index is 1260. The first-order valence-corrected chi connectivity index (χ1v) is 11.3. The quantitative estimate of drug-likeness (QED) is 0.458. The van der Waals surface area contributed by atoms with E-state index in [4.69, 9.17) is 11.6 Å². The van der Waals surface area contributed by atoms with E-state index in [2.05, 4.69) is 43.5 Å². The molecule has 0 radical (unpaired) electrons. The van der Waals surface area contributed by atoms with E-state index in [-0.39, 0.29) is 5.02 Å². The Morgan fingerprint density at radius 1 is 1.00 bits per heavy atom. The third-order valence-corrected chi connectivity index (χ3v) is 6.29. The lowest BCUT2D eigenvalue weighted by molar-refractivity contribution is 0.220. The van der Waals surface area contributed by atoms with Gasteiger partial charge in [-0.25, -0.2) is 4.98 Å². The number of rotatable bonds is 6. The molecule has 2 aromatic carbocycles. The molecular formula is C24H25ClN6O. The summed E-state index contributed by atoms with van der Waals surface area (Å²) in [6.45, 7) is 3.81. The van der Waals surface area contributed by atoms with Crippen molar-refractivity contribution in [3.8, 4) is 5.95 Å². The second kappa shape index (κ2) is 9.14. The van der Waals surface area contributed by atoms with Crippen molar-refractivity contribution in [2.75, 3.05) is 18.4 Å². The lowest BCUT2D eigenvalue weighted by Gasteiger charge is -2.27. The van der Waals surface area contributed by atoms with Gasteiger partial charge in [-0.05, 0) is 49.2 Å². The molecule has 3 heterocycles. The summed E-state index contributed by atoms with van der Waals surface area (Å²) >= 11 is 6.42. The molecule has 5 rings (SSSR count). The molecule has 0 bridgehead atoms. The molecule has 0 unspecified atom stereocenters. The number of hydrogen-bond donors (Lipinski definition) is 2. The van der Waals surface area contributed by atoms with Crippen LogP contribution in [0.3, 0.4) is 0 Å². The highest BCUT2D eigenvalue weighted by Gasteiger charge is 2.15. The van der Waals surface area contributed by atoms with Crippen LogP contribution in [0.15, 0.2) is 59.5 Å². The number of hydrogen-bond acceptors (Lipinski definition) is 5. The number of likely N-dealkylation sites (tertiary alicyclic amines) is 1. The number of nitrogens with one attached hydrogen (secondary N) is 2. The van der Waals surface area contributed by atoms with Crippen molar-refractivity contribution in [2.45, 2.75) is 32.4 Å². The second-order valence-electron chi connectivity index (χ2n) is 8.13. The van der Waals surface area contributed by atoms with Crippen LogP contribution in [0.5, 0.6) is 0 Å². The van der Waals surface area contributed by atoms with Gasteiger partial charge < -0.3 is 10.3 Å². The van der Waals surface area contributed by atoms with Gasteiger partial charge in [-0.1, -0.05) is 54.4 Å². The van der Waals surface area contributed by atoms with Gasteiger partial charge in [0.2, 0.25) is 5.95 Å². The summed E-state index contributed by atoms with van der Waals surface area (Å²) in [5, 5.41) is 7.68. The highest BCUT2D eigenvalue weighted by Crippen LogP contribution is 2.21. The first kappa shape index (κ1) is 20.7. The van der Waals surface area contributed by atoms with Gasteiger partial charge in [-0.2, -0.15) is 9.78 Å². The average Bonchev–Trinajstić information content (AvgIpc) is 3.25. The predicted molar refractivity (Wildman–Crippen MR) is 127 cm³/mol. The van der Waals surface area contributed by atoms with Crippen LogP contribution in [0.1, 0.15) is 30.4 Å². The fourth-order valence-corrected chi connectivity index (χ4v) is 4.38. The Morgan fingerprint density at radius 3 is 2.56 bits per heavy atom. The molecule has 1 aliphatic rings. The number of aromatic amines is 1. The number of H-pyrrole nitrogens is 1. The Morgan fingerprint density at radius 2 is 1.75 bits per heavy atom. The molecule has 2 N–H and O–H groups in total. The largest absolute Gasteiger partial charge is 0.378 e. The predicted octanol–water partition coefficient (Wildman–Crippen LogP) is 4.36. The minimum absolute atomic E-state index is 0.0916. The highest BCUT2D eigenvalue weighted by atomic mass is 35.5. The van der Waals surface area contributed by atoms with Crippen LogP contribution in [-0.4, -0.2) is 37.7 Å². The van der Waals surface area contributed by atoms with E-state index in [1.54, 1.807) is 6.20 Å². The SMILES string of the molecule is O=c1c(Cl)c(NCc2ccccc2CN2CCCCC2)cnn1-c1nc2ccccc2[nH]1. The van der Waals surface area contributed by atoms with E-state index in [9.17, 15) is 4.79 Å². The van der Waals surface area contributed by atoms with Crippen molar-refractivity contribution in [3.05, 3.63) is 81.2 Å². The molecule has 0 spiro atoms. The summed E-state index contributed by atoms with van der Waals surface area (Å²) in [4.78, 5) is 22.9. The van der Waals surface area contributed by atoms with E-state index in [1.807, 2.05) is 30.3 Å². The Hall–Kier alpha value is -3.16. The van der Waals surface area contributed by atoms with Crippen LogP contribution < -0.4 is 10.9 Å². The van der Waals surface area contributed by atoms with Crippen molar-refractivity contribution in [1.29, 1.82) is 0 Å². The van der Waals surface area contributed by atoms with E-state index in [0.717, 1.165) is 30.7 Å². The normalized spacial score (nSPS) is 14.7. The number of nitrogens with zero attached hydrogens (tertiary/aromatic N) is 4. The molecule has 0 saturated carbocycles. The van der Waals surface area contributed by atoms with Crippen molar-refractivity contribution in [3.63, 3.8) is 0 Å². The standard InChI is InChI=1S/C24H25ClN6O/c25-22-21(15-27-31(23(22)32)24-28-19-10-4-5-11-20(19)29-24)26-14-17-8-2-3-9-18(17)16-30-12-6-1-7-13-30/h2-5,8-11,15,26H,1,6-7,12-14,16H2,(H,28,29). The maximum Gasteiger partial charge on any atom is 0.295 e. The average molecular weight is 449 g/mol. The van der Waals surface area contributed by atoms with Crippen molar-refractivity contribution in [2.24, 2.45) is 0 Å². The van der Waals surface area contributed by atoms with Crippen molar-refractivity contribution < 1.29 is 0 Å². The Balaban J connectivity index is 1.34. The lowest BCUT2D eigenvalue weighted by Crippen LogP contribution is -2.29. The zero-order valence-corrected chi connectivity index (χ0v) is 18.5. The third kappa shape index (κ3) is 4.26. The van der Waals surface area contributed by atoms with Crippen molar-refractivity contribution >= 4 is 28.3 Å². The van der Waals surface area contributed by atoms with E-state index >= 15 is 0 Å². The first-order chi connectivity index (χ1) is 15.7. The lowest BCUT2D eigenvalue weighted by atomic mass is 10.0. The number of piperidine rings is 1. The molecule has 4 aromatic rings. The van der Waals surface area contributed by atoms with Crippen LogP contribution in [0.2, 0.25) is 5.02 Å². The number of anilines is 1. The molecule has 2 aromatic heterocycles. The first-order valence-electron chi connectivity index (χ1n) is 10.9. The van der Waals surface area contributed by atoms with E-state index < -0.39 is 5.56 Å². The zero-order chi connectivity index (χ0) is 21.9. The highest BCUT2D eigenvalue weighted by molar-refractivity contribution is 6.32. The zero-order valence-electron chi connectivity index (χ0n) is 17.7. The summed E-state index contributed by atoms with van der Waals surface area (Å²) in [5.74, 6) is 0.344. The summed E-state index contributed by atoms with van der Waals surface area (Å²) in [5.41, 5.74) is 4.17. The third-order valence-electron chi connectivity index (χ3n) is 5.93. The van der Waals surface area contributed by atoms with Crippen LogP contribution in [0, 0.1) is 0 Å².